The van der Waals surface area contributed by atoms with Crippen LogP contribution in [0.4, 0.5) is 0 Å². The van der Waals surface area contributed by atoms with Gasteiger partial charge < -0.3 is 14.7 Å². The second-order valence-electron chi connectivity index (χ2n) is 3.91. The second-order valence-corrected chi connectivity index (χ2v) is 3.91. The molecule has 0 aromatic carbocycles. The highest BCUT2D eigenvalue weighted by Gasteiger charge is 2.21. The number of nitrogens with zero attached hydrogens (tertiary/aromatic N) is 1. The summed E-state index contributed by atoms with van der Waals surface area (Å²) >= 11 is 0. The number of hydrogen-bond acceptors (Lipinski definition) is 3. The number of hydrogen-bond donors (Lipinski definition) is 1. The van der Waals surface area contributed by atoms with E-state index in [0.717, 1.165) is 6.61 Å². The average Bonchev–Trinajstić information content (AvgIpc) is 2.94. The predicted molar refractivity (Wildman–Crippen MR) is 53.4 cm³/mol. The maximum Gasteiger partial charge on any atom is 0.323 e. The number of carboxylic acid groups (broad SMARTS) is 1. The van der Waals surface area contributed by atoms with Crippen molar-refractivity contribution in [3.8, 4) is 0 Å². The van der Waals surface area contributed by atoms with Gasteiger partial charge in [-0.3, -0.25) is 9.59 Å². The Bertz CT molecular complexity index is 238. The summed E-state index contributed by atoms with van der Waals surface area (Å²) in [6.45, 7) is 0.872. The molecule has 1 rings (SSSR count). The molecule has 1 N–H and O–H groups in total. The molecular formula is C10H17NO4. The lowest BCUT2D eigenvalue weighted by molar-refractivity contribution is -0.143. The van der Waals surface area contributed by atoms with E-state index in [0.29, 0.717) is 12.5 Å². The molecule has 0 bridgehead atoms. The molecule has 1 aliphatic carbocycles. The largest absolute Gasteiger partial charge is 0.480 e. The van der Waals surface area contributed by atoms with E-state index >= 15 is 0 Å². The van der Waals surface area contributed by atoms with Gasteiger partial charge >= 0.3 is 5.97 Å². The van der Waals surface area contributed by atoms with E-state index in [1.54, 1.807) is 0 Å². The van der Waals surface area contributed by atoms with Crippen molar-refractivity contribution in [3.63, 3.8) is 0 Å². The molecule has 0 aliphatic heterocycles. The smallest absolute Gasteiger partial charge is 0.323 e. The van der Waals surface area contributed by atoms with E-state index in [9.17, 15) is 9.59 Å². The first-order chi connectivity index (χ1) is 7.09. The number of likely N-dealkylation sites (N-methyl/N-ethyl adjacent to an activating group) is 1. The molecule has 0 unspecified atom stereocenters. The number of carbonyl (C=O) groups is 2. The Morgan fingerprint density at radius 1 is 1.47 bits per heavy atom. The Morgan fingerprint density at radius 3 is 2.67 bits per heavy atom. The van der Waals surface area contributed by atoms with Gasteiger partial charge in [0.05, 0.1) is 13.0 Å². The van der Waals surface area contributed by atoms with Gasteiger partial charge in [-0.1, -0.05) is 0 Å². The van der Waals surface area contributed by atoms with Crippen LogP contribution in [0.3, 0.4) is 0 Å². The van der Waals surface area contributed by atoms with Crippen LogP contribution in [-0.2, 0) is 14.3 Å². The van der Waals surface area contributed by atoms with E-state index in [4.69, 9.17) is 9.84 Å². The third-order valence-electron chi connectivity index (χ3n) is 2.31. The molecule has 0 saturated heterocycles. The highest BCUT2D eigenvalue weighted by molar-refractivity contribution is 5.81. The van der Waals surface area contributed by atoms with E-state index in [-0.39, 0.29) is 18.9 Å². The van der Waals surface area contributed by atoms with Crippen LogP contribution in [0, 0.1) is 5.92 Å². The summed E-state index contributed by atoms with van der Waals surface area (Å²) in [4.78, 5) is 22.8. The third-order valence-corrected chi connectivity index (χ3v) is 2.31. The van der Waals surface area contributed by atoms with Crippen LogP contribution < -0.4 is 0 Å². The lowest BCUT2D eigenvalue weighted by Crippen LogP contribution is -2.32. The summed E-state index contributed by atoms with van der Waals surface area (Å²) in [5.41, 5.74) is 0. The Morgan fingerprint density at radius 2 is 2.13 bits per heavy atom. The zero-order valence-electron chi connectivity index (χ0n) is 8.94. The van der Waals surface area contributed by atoms with Crippen LogP contribution in [0.25, 0.3) is 0 Å². The molecule has 5 heteroatoms. The molecule has 1 saturated carbocycles. The van der Waals surface area contributed by atoms with Crippen molar-refractivity contribution < 1.29 is 19.4 Å². The third kappa shape index (κ3) is 5.37. The monoisotopic (exact) mass is 215 g/mol. The van der Waals surface area contributed by atoms with Crippen molar-refractivity contribution in [2.75, 3.05) is 26.8 Å². The predicted octanol–water partition coefficient (Wildman–Crippen LogP) is 0.346. The molecule has 15 heavy (non-hydrogen) atoms. The Hall–Kier alpha value is -1.10. The van der Waals surface area contributed by atoms with Crippen molar-refractivity contribution >= 4 is 11.9 Å². The van der Waals surface area contributed by atoms with E-state index in [1.165, 1.54) is 24.8 Å². The first-order valence-electron chi connectivity index (χ1n) is 5.13. The fraction of sp³-hybridized carbons (Fsp3) is 0.800. The van der Waals surface area contributed by atoms with E-state index in [1.807, 2.05) is 0 Å². The summed E-state index contributed by atoms with van der Waals surface area (Å²) < 4.78 is 5.29. The number of carbonyl (C=O) groups excluding carboxylic acids is 1. The SMILES string of the molecule is CN(CC(=O)O)C(=O)CCOCC1CC1. The van der Waals surface area contributed by atoms with Crippen LogP contribution in [0.15, 0.2) is 0 Å². The molecule has 1 aliphatic rings. The van der Waals surface area contributed by atoms with Crippen LogP contribution in [0.1, 0.15) is 19.3 Å². The Labute approximate surface area is 89.0 Å². The minimum absolute atomic E-state index is 0.187. The van der Waals surface area contributed by atoms with Gasteiger partial charge in [-0.05, 0) is 18.8 Å². The van der Waals surface area contributed by atoms with Crippen LogP contribution in [-0.4, -0.2) is 48.7 Å². The van der Waals surface area contributed by atoms with Gasteiger partial charge in [0.15, 0.2) is 0 Å². The Balaban J connectivity index is 2.02. The maximum atomic E-state index is 11.3. The summed E-state index contributed by atoms with van der Waals surface area (Å²) in [5.74, 6) is -0.491. The molecule has 5 nitrogen and oxygen atoms in total. The lowest BCUT2D eigenvalue weighted by atomic mass is 10.4. The maximum absolute atomic E-state index is 11.3. The first kappa shape index (κ1) is 12.0. The minimum Gasteiger partial charge on any atom is -0.480 e. The van der Waals surface area contributed by atoms with Gasteiger partial charge in [-0.15, -0.1) is 0 Å². The number of ether oxygens (including phenoxy) is 1. The highest BCUT2D eigenvalue weighted by atomic mass is 16.5. The molecule has 0 aromatic rings. The zero-order chi connectivity index (χ0) is 11.3. The van der Waals surface area contributed by atoms with E-state index in [2.05, 4.69) is 0 Å². The fourth-order valence-electron chi connectivity index (χ4n) is 1.18. The number of carboxylic acids is 1. The fourth-order valence-corrected chi connectivity index (χ4v) is 1.18. The van der Waals surface area contributed by atoms with Crippen molar-refractivity contribution in [2.45, 2.75) is 19.3 Å². The normalized spacial score (nSPS) is 15.0. The molecule has 1 amide bonds. The second kappa shape index (κ2) is 5.70. The summed E-state index contributed by atoms with van der Waals surface area (Å²) in [6.07, 6.45) is 2.72. The lowest BCUT2D eigenvalue weighted by Gasteiger charge is -2.14. The molecule has 1 fully saturated rings. The quantitative estimate of drug-likeness (QED) is 0.622. The molecule has 0 aromatic heterocycles. The summed E-state index contributed by atoms with van der Waals surface area (Å²) in [6, 6.07) is 0. The van der Waals surface area contributed by atoms with Gasteiger partial charge in [0, 0.05) is 13.7 Å². The van der Waals surface area contributed by atoms with Gasteiger partial charge in [-0.2, -0.15) is 0 Å². The zero-order valence-corrected chi connectivity index (χ0v) is 8.94. The molecule has 0 heterocycles. The minimum atomic E-state index is -0.996. The van der Waals surface area contributed by atoms with Gasteiger partial charge in [0.2, 0.25) is 5.91 Å². The molecular weight excluding hydrogens is 198 g/mol. The first-order valence-corrected chi connectivity index (χ1v) is 5.13. The Kier molecular flexibility index (Phi) is 4.55. The van der Waals surface area contributed by atoms with Gasteiger partial charge in [0.1, 0.15) is 6.54 Å². The van der Waals surface area contributed by atoms with Crippen molar-refractivity contribution in [2.24, 2.45) is 5.92 Å². The standard InChI is InChI=1S/C10H17NO4/c1-11(6-10(13)14)9(12)4-5-15-7-8-2-3-8/h8H,2-7H2,1H3,(H,13,14). The van der Waals surface area contributed by atoms with Crippen molar-refractivity contribution in [3.05, 3.63) is 0 Å². The molecule has 86 valence electrons. The van der Waals surface area contributed by atoms with Crippen LogP contribution in [0.5, 0.6) is 0 Å². The molecule has 0 spiro atoms. The topological polar surface area (TPSA) is 66.8 Å². The molecule has 0 atom stereocenters. The number of amides is 1. The number of aliphatic carboxylic acids is 1. The summed E-state index contributed by atoms with van der Waals surface area (Å²) in [7, 11) is 1.48. The van der Waals surface area contributed by atoms with Gasteiger partial charge in [-0.25, -0.2) is 0 Å². The molecule has 0 radical (unpaired) electrons. The van der Waals surface area contributed by atoms with Gasteiger partial charge in [0.25, 0.3) is 0 Å². The highest BCUT2D eigenvalue weighted by Crippen LogP contribution is 2.28. The van der Waals surface area contributed by atoms with Crippen LogP contribution >= 0.6 is 0 Å². The van der Waals surface area contributed by atoms with Crippen molar-refractivity contribution in [1.82, 2.24) is 4.90 Å². The number of rotatable bonds is 7. The van der Waals surface area contributed by atoms with Crippen molar-refractivity contribution in [1.29, 1.82) is 0 Å². The van der Waals surface area contributed by atoms with Crippen LogP contribution in [0.2, 0.25) is 0 Å². The summed E-state index contributed by atoms with van der Waals surface area (Å²) in [5, 5.41) is 8.46. The van der Waals surface area contributed by atoms with E-state index < -0.39 is 5.97 Å². The average molecular weight is 215 g/mol.